The van der Waals surface area contributed by atoms with Gasteiger partial charge in [-0.15, -0.1) is 0 Å². The Morgan fingerprint density at radius 2 is 2.08 bits per heavy atom. The van der Waals surface area contributed by atoms with Crippen LogP contribution in [-0.2, 0) is 26.3 Å². The molecule has 1 aliphatic heterocycles. The maximum Gasteiger partial charge on any atom is 0.309 e. The molecule has 0 fully saturated rings. The number of carbonyl (C=O) groups excluding carboxylic acids is 1. The Hall–Kier alpha value is -1.33. The summed E-state index contributed by atoms with van der Waals surface area (Å²) in [7, 11) is 0. The minimum Gasteiger partial charge on any atom is -0.466 e. The fourth-order valence-electron chi connectivity index (χ4n) is 3.80. The number of aromatic amines is 1. The molecule has 0 saturated carbocycles. The highest BCUT2D eigenvalue weighted by molar-refractivity contribution is 9.10. The highest BCUT2D eigenvalue weighted by atomic mass is 79.9. The summed E-state index contributed by atoms with van der Waals surface area (Å²) in [5.41, 5.74) is 4.03. The molecular weight excluding hydrogens is 394 g/mol. The second kappa shape index (κ2) is 9.05. The summed E-state index contributed by atoms with van der Waals surface area (Å²) in [4.78, 5) is 15.8. The molecule has 0 amide bonds. The number of fused-ring (bicyclic) bond motifs is 3. The molecule has 1 aromatic carbocycles. The SMILES string of the molecule is CC.CCCC1(CC(=O)OCC)OCCc2c1[nH]c1c(C)ccc(Br)c21. The van der Waals surface area contributed by atoms with Crippen LogP contribution >= 0.6 is 15.9 Å². The highest BCUT2D eigenvalue weighted by Gasteiger charge is 2.42. The minimum atomic E-state index is -0.612. The summed E-state index contributed by atoms with van der Waals surface area (Å²) in [5.74, 6) is -0.201. The van der Waals surface area contributed by atoms with Crippen molar-refractivity contribution in [3.8, 4) is 0 Å². The Balaban J connectivity index is 0.00000117. The van der Waals surface area contributed by atoms with Crippen LogP contribution in [0.4, 0.5) is 0 Å². The zero-order valence-corrected chi connectivity index (χ0v) is 18.1. The quantitative estimate of drug-likeness (QED) is 0.619. The van der Waals surface area contributed by atoms with E-state index in [-0.39, 0.29) is 12.4 Å². The molecular formula is C21H30BrNO3. The first kappa shape index (κ1) is 21.0. The second-order valence-corrected chi connectivity index (χ2v) is 7.27. The van der Waals surface area contributed by atoms with Crippen molar-refractivity contribution < 1.29 is 14.3 Å². The lowest BCUT2D eigenvalue weighted by Gasteiger charge is -2.36. The van der Waals surface area contributed by atoms with Crippen molar-refractivity contribution in [2.24, 2.45) is 0 Å². The maximum absolute atomic E-state index is 12.2. The first-order chi connectivity index (χ1) is 12.5. The van der Waals surface area contributed by atoms with Crippen LogP contribution in [0.15, 0.2) is 16.6 Å². The molecule has 0 aliphatic carbocycles. The van der Waals surface area contributed by atoms with E-state index in [9.17, 15) is 4.79 Å². The van der Waals surface area contributed by atoms with Crippen molar-refractivity contribution >= 4 is 32.8 Å². The average molecular weight is 424 g/mol. The number of aromatic nitrogens is 1. The summed E-state index contributed by atoms with van der Waals surface area (Å²) in [5, 5.41) is 1.22. The summed E-state index contributed by atoms with van der Waals surface area (Å²) in [6, 6.07) is 4.19. The Labute approximate surface area is 164 Å². The Bertz CT molecular complexity index is 768. The normalized spacial score (nSPS) is 18.8. The Morgan fingerprint density at radius 1 is 1.35 bits per heavy atom. The summed E-state index contributed by atoms with van der Waals surface area (Å²) in [6.07, 6.45) is 2.84. The maximum atomic E-state index is 12.2. The van der Waals surface area contributed by atoms with Crippen molar-refractivity contribution in [1.82, 2.24) is 4.98 Å². The van der Waals surface area contributed by atoms with Gasteiger partial charge in [0.1, 0.15) is 5.60 Å². The summed E-state index contributed by atoms with van der Waals surface area (Å²) >= 11 is 3.69. The number of aryl methyl sites for hydroxylation is 1. The number of H-pyrrole nitrogens is 1. The minimum absolute atomic E-state index is 0.201. The van der Waals surface area contributed by atoms with E-state index < -0.39 is 5.60 Å². The molecule has 1 atom stereocenters. The van der Waals surface area contributed by atoms with E-state index in [1.807, 2.05) is 20.8 Å². The zero-order valence-electron chi connectivity index (χ0n) is 16.5. The monoisotopic (exact) mass is 423 g/mol. The number of benzene rings is 1. The van der Waals surface area contributed by atoms with Crippen molar-refractivity contribution in [2.45, 2.75) is 65.9 Å². The predicted octanol–water partition coefficient (Wildman–Crippen LogP) is 5.79. The molecule has 1 aliphatic rings. The van der Waals surface area contributed by atoms with E-state index in [0.29, 0.717) is 13.2 Å². The fourth-order valence-corrected chi connectivity index (χ4v) is 4.37. The van der Waals surface area contributed by atoms with Gasteiger partial charge in [0.2, 0.25) is 0 Å². The van der Waals surface area contributed by atoms with E-state index in [1.54, 1.807) is 0 Å². The lowest BCUT2D eigenvalue weighted by atomic mass is 9.84. The topological polar surface area (TPSA) is 51.3 Å². The first-order valence-electron chi connectivity index (χ1n) is 9.62. The smallest absolute Gasteiger partial charge is 0.309 e. The average Bonchev–Trinajstić information content (AvgIpc) is 3.03. The molecule has 0 saturated heterocycles. The van der Waals surface area contributed by atoms with Crippen LogP contribution in [0.25, 0.3) is 10.9 Å². The summed E-state index contributed by atoms with van der Waals surface area (Å²) < 4.78 is 12.5. The van der Waals surface area contributed by atoms with Crippen molar-refractivity contribution in [2.75, 3.05) is 13.2 Å². The Kier molecular flexibility index (Phi) is 7.30. The second-order valence-electron chi connectivity index (χ2n) is 6.42. The van der Waals surface area contributed by atoms with Crippen LogP contribution in [0, 0.1) is 6.92 Å². The molecule has 1 aromatic heterocycles. The fraction of sp³-hybridized carbons (Fsp3) is 0.571. The van der Waals surface area contributed by atoms with E-state index >= 15 is 0 Å². The number of carbonyl (C=O) groups is 1. The predicted molar refractivity (Wildman–Crippen MR) is 110 cm³/mol. The van der Waals surface area contributed by atoms with Crippen LogP contribution in [0.5, 0.6) is 0 Å². The van der Waals surface area contributed by atoms with Gasteiger partial charge in [-0.2, -0.15) is 0 Å². The van der Waals surface area contributed by atoms with Gasteiger partial charge in [0.05, 0.1) is 30.8 Å². The van der Waals surface area contributed by atoms with Crippen LogP contribution in [-0.4, -0.2) is 24.2 Å². The van der Waals surface area contributed by atoms with E-state index in [0.717, 1.165) is 34.9 Å². The van der Waals surface area contributed by atoms with Gasteiger partial charge in [-0.25, -0.2) is 0 Å². The van der Waals surface area contributed by atoms with Gasteiger partial charge >= 0.3 is 5.97 Å². The van der Waals surface area contributed by atoms with E-state index in [1.165, 1.54) is 16.5 Å². The van der Waals surface area contributed by atoms with Gasteiger partial charge in [0, 0.05) is 9.86 Å². The molecule has 2 heterocycles. The zero-order chi connectivity index (χ0) is 19.3. The number of hydrogen-bond donors (Lipinski definition) is 1. The van der Waals surface area contributed by atoms with Crippen molar-refractivity contribution in [1.29, 1.82) is 0 Å². The van der Waals surface area contributed by atoms with Gasteiger partial charge in [-0.3, -0.25) is 4.79 Å². The molecule has 4 nitrogen and oxygen atoms in total. The molecule has 26 heavy (non-hydrogen) atoms. The number of nitrogens with one attached hydrogen (secondary N) is 1. The molecule has 2 aromatic rings. The third kappa shape index (κ3) is 3.84. The standard InChI is InChI=1S/C19H24BrNO3.C2H6/c1-4-9-19(11-15(22)23-5-2)18-13(8-10-24-19)16-14(20)7-6-12(3)17(16)21-18;1-2/h6-7,21H,4-5,8-11H2,1-3H3;1-2H3. The summed E-state index contributed by atoms with van der Waals surface area (Å²) in [6.45, 7) is 11.1. The van der Waals surface area contributed by atoms with Gasteiger partial charge in [0.25, 0.3) is 0 Å². The molecule has 0 radical (unpaired) electrons. The number of esters is 1. The molecule has 1 unspecified atom stereocenters. The lowest BCUT2D eigenvalue weighted by molar-refractivity contribution is -0.155. The van der Waals surface area contributed by atoms with Gasteiger partial charge in [0.15, 0.2) is 0 Å². The molecule has 144 valence electrons. The van der Waals surface area contributed by atoms with Crippen LogP contribution in [0.1, 0.15) is 63.8 Å². The van der Waals surface area contributed by atoms with Crippen LogP contribution in [0.3, 0.4) is 0 Å². The third-order valence-electron chi connectivity index (χ3n) is 4.79. The number of rotatable bonds is 5. The number of ether oxygens (including phenoxy) is 2. The molecule has 1 N–H and O–H groups in total. The van der Waals surface area contributed by atoms with Crippen LogP contribution in [0.2, 0.25) is 0 Å². The van der Waals surface area contributed by atoms with E-state index in [4.69, 9.17) is 9.47 Å². The highest BCUT2D eigenvalue weighted by Crippen LogP contribution is 2.44. The van der Waals surface area contributed by atoms with Crippen molar-refractivity contribution in [3.05, 3.63) is 33.4 Å². The largest absolute Gasteiger partial charge is 0.466 e. The van der Waals surface area contributed by atoms with Crippen molar-refractivity contribution in [3.63, 3.8) is 0 Å². The molecule has 0 bridgehead atoms. The molecule has 3 rings (SSSR count). The molecule has 0 spiro atoms. The van der Waals surface area contributed by atoms with E-state index in [2.05, 4.69) is 46.9 Å². The van der Waals surface area contributed by atoms with Gasteiger partial charge in [-0.05, 0) is 43.9 Å². The molecule has 5 heteroatoms. The lowest BCUT2D eigenvalue weighted by Crippen LogP contribution is -2.38. The van der Waals surface area contributed by atoms with Crippen LogP contribution < -0.4 is 0 Å². The Morgan fingerprint density at radius 3 is 2.73 bits per heavy atom. The first-order valence-corrected chi connectivity index (χ1v) is 10.4. The van der Waals surface area contributed by atoms with Gasteiger partial charge in [-0.1, -0.05) is 49.2 Å². The number of hydrogen-bond acceptors (Lipinski definition) is 3. The third-order valence-corrected chi connectivity index (χ3v) is 5.45. The number of halogens is 1. The van der Waals surface area contributed by atoms with Gasteiger partial charge < -0.3 is 14.5 Å².